The Morgan fingerprint density at radius 1 is 1.20 bits per heavy atom. The number of benzene rings is 2. The lowest BCUT2D eigenvalue weighted by atomic mass is 9.99. The van der Waals surface area contributed by atoms with E-state index in [1.165, 1.54) is 28.1 Å². The molecule has 1 amide bonds. The summed E-state index contributed by atoms with van der Waals surface area (Å²) >= 11 is 0. The third-order valence-corrected chi connectivity index (χ3v) is 8.76. The maximum Gasteiger partial charge on any atom is 0.319 e. The van der Waals surface area contributed by atoms with Gasteiger partial charge in [0.2, 0.25) is 12.5 Å². The number of rotatable bonds is 9. The first-order valence-corrected chi connectivity index (χ1v) is 15.5. The van der Waals surface area contributed by atoms with Crippen molar-refractivity contribution in [3.05, 3.63) is 77.3 Å². The van der Waals surface area contributed by atoms with Crippen LogP contribution < -0.4 is 14.5 Å². The summed E-state index contributed by atoms with van der Waals surface area (Å²) in [5.74, 6) is 0.686. The van der Waals surface area contributed by atoms with Crippen LogP contribution in [0.1, 0.15) is 30.2 Å². The molecule has 0 aliphatic carbocycles. The van der Waals surface area contributed by atoms with Gasteiger partial charge in [0.15, 0.2) is 0 Å². The van der Waals surface area contributed by atoms with Gasteiger partial charge < -0.3 is 33.8 Å². The van der Waals surface area contributed by atoms with E-state index in [0.717, 1.165) is 43.1 Å². The number of nitrogens with zero attached hydrogens (tertiary/aromatic N) is 6. The smallest absolute Gasteiger partial charge is 0.319 e. The average molecular weight is 597 g/mol. The van der Waals surface area contributed by atoms with Crippen molar-refractivity contribution in [1.29, 1.82) is 0 Å². The van der Waals surface area contributed by atoms with Crippen molar-refractivity contribution in [2.75, 3.05) is 62.3 Å². The largest absolute Gasteiger partial charge is 0.458 e. The molecule has 0 spiro atoms. The Morgan fingerprint density at radius 3 is 2.82 bits per heavy atom. The number of hydrogen-bond acceptors (Lipinski definition) is 8. The second kappa shape index (κ2) is 13.2. The third-order valence-electron chi connectivity index (χ3n) is 8.76. The number of fused-ring (bicyclic) bond motifs is 2. The minimum Gasteiger partial charge on any atom is -0.458 e. The van der Waals surface area contributed by atoms with Gasteiger partial charge >= 0.3 is 6.01 Å². The van der Waals surface area contributed by atoms with Crippen LogP contribution in [0.3, 0.4) is 0 Å². The topological polar surface area (TPSA) is 84.6 Å². The Balaban J connectivity index is 1.31. The molecule has 0 N–H and O–H groups in total. The molecule has 44 heavy (non-hydrogen) atoms. The number of aromatic nitrogens is 2. The lowest BCUT2D eigenvalue weighted by molar-refractivity contribution is -0.128. The zero-order chi connectivity index (χ0) is 30.6. The van der Waals surface area contributed by atoms with E-state index in [-0.39, 0.29) is 30.7 Å². The van der Waals surface area contributed by atoms with Crippen molar-refractivity contribution in [1.82, 2.24) is 14.9 Å². The van der Waals surface area contributed by atoms with E-state index in [1.54, 1.807) is 4.90 Å². The standard InChI is InChI=1S/C34H40N6O4/c1-5-31(41)40-16-15-39(19-26(40)18-35-4)33-28-12-14-38(30-11-7-10-25-9-6-8-23(2)32(25)30)20-29(28)36-34(37-33)44-24(3)21-43-27-13-17-42-22-27/h5-11,24,26-27H,1,12-22H2,2-3H3/t24-,26-,27?/m0/s1. The van der Waals surface area contributed by atoms with E-state index in [9.17, 15) is 4.79 Å². The fraction of sp³-hybridized carbons (Fsp3) is 0.471. The predicted octanol–water partition coefficient (Wildman–Crippen LogP) is 4.20. The van der Waals surface area contributed by atoms with Crippen LogP contribution in [0, 0.1) is 13.5 Å². The van der Waals surface area contributed by atoms with Crippen LogP contribution in [0.15, 0.2) is 49.1 Å². The lowest BCUT2D eigenvalue weighted by Crippen LogP contribution is -2.56. The maximum atomic E-state index is 12.6. The van der Waals surface area contributed by atoms with E-state index in [2.05, 4.69) is 64.5 Å². The number of aryl methyl sites for hydroxylation is 1. The highest BCUT2D eigenvalue weighted by Crippen LogP contribution is 2.36. The Morgan fingerprint density at radius 2 is 2.05 bits per heavy atom. The fourth-order valence-electron chi connectivity index (χ4n) is 6.52. The summed E-state index contributed by atoms with van der Waals surface area (Å²) in [6.07, 6.45) is 2.83. The first-order chi connectivity index (χ1) is 21.4. The highest BCUT2D eigenvalue weighted by molar-refractivity contribution is 5.97. The molecule has 0 bridgehead atoms. The normalized spacial score (nSPS) is 20.7. The van der Waals surface area contributed by atoms with Crippen molar-refractivity contribution >= 4 is 28.2 Å². The second-order valence-electron chi connectivity index (χ2n) is 11.8. The van der Waals surface area contributed by atoms with Gasteiger partial charge in [-0.15, -0.1) is 0 Å². The van der Waals surface area contributed by atoms with E-state index in [1.807, 2.05) is 6.92 Å². The minimum atomic E-state index is -0.251. The van der Waals surface area contributed by atoms with Crippen LogP contribution in [0.2, 0.25) is 0 Å². The van der Waals surface area contributed by atoms with E-state index in [0.29, 0.717) is 45.4 Å². The molecule has 10 nitrogen and oxygen atoms in total. The average Bonchev–Trinajstić information content (AvgIpc) is 3.57. The number of carbonyl (C=O) groups excluding carboxylic acids is 1. The Bertz CT molecular complexity index is 1560. The minimum absolute atomic E-state index is 0.0905. The number of carbonyl (C=O) groups is 1. The molecule has 10 heteroatoms. The number of anilines is 2. The first kappa shape index (κ1) is 29.9. The number of ether oxygens (including phenoxy) is 3. The van der Waals surface area contributed by atoms with Gasteiger partial charge in [-0.3, -0.25) is 4.79 Å². The molecule has 0 radical (unpaired) electrons. The van der Waals surface area contributed by atoms with Crippen LogP contribution >= 0.6 is 0 Å². The summed E-state index contributed by atoms with van der Waals surface area (Å²) in [5.41, 5.74) is 4.48. The SMILES string of the molecule is [C-]#[N+]C[C@H]1CN(c2nc(O[C@@H](C)COC3CCOC3)nc3c2CCN(c2cccc4cccc(C)c24)C3)CCN1C(=O)C=C. The lowest BCUT2D eigenvalue weighted by Gasteiger charge is -2.41. The summed E-state index contributed by atoms with van der Waals surface area (Å²) in [7, 11) is 0. The van der Waals surface area contributed by atoms with Gasteiger partial charge in [0.1, 0.15) is 18.0 Å². The number of amides is 1. The van der Waals surface area contributed by atoms with Gasteiger partial charge in [0, 0.05) is 49.4 Å². The van der Waals surface area contributed by atoms with Gasteiger partial charge in [-0.2, -0.15) is 9.97 Å². The van der Waals surface area contributed by atoms with E-state index < -0.39 is 0 Å². The quantitative estimate of drug-likeness (QED) is 0.269. The molecule has 4 heterocycles. The van der Waals surface area contributed by atoms with Crippen LogP contribution in [0.25, 0.3) is 15.6 Å². The summed E-state index contributed by atoms with van der Waals surface area (Å²) in [5, 5.41) is 2.48. The molecule has 1 aromatic heterocycles. The van der Waals surface area contributed by atoms with Crippen molar-refractivity contribution in [3.8, 4) is 6.01 Å². The van der Waals surface area contributed by atoms with Crippen LogP contribution in [0.5, 0.6) is 6.01 Å². The molecule has 3 aromatic rings. The molecule has 2 saturated heterocycles. The van der Waals surface area contributed by atoms with Crippen molar-refractivity contribution in [2.45, 2.75) is 51.5 Å². The zero-order valence-corrected chi connectivity index (χ0v) is 25.6. The Hall–Kier alpha value is -4.20. The van der Waals surface area contributed by atoms with Gasteiger partial charge in [0.05, 0.1) is 31.6 Å². The molecule has 1 unspecified atom stereocenters. The summed E-state index contributed by atoms with van der Waals surface area (Å²) < 4.78 is 17.7. The second-order valence-corrected chi connectivity index (χ2v) is 11.8. The van der Waals surface area contributed by atoms with Crippen LogP contribution in [-0.4, -0.2) is 91.6 Å². The Kier molecular flexibility index (Phi) is 8.96. The summed E-state index contributed by atoms with van der Waals surface area (Å²) in [6.45, 7) is 20.3. The first-order valence-electron chi connectivity index (χ1n) is 15.5. The third kappa shape index (κ3) is 6.21. The summed E-state index contributed by atoms with van der Waals surface area (Å²) in [6, 6.07) is 13.0. The molecule has 6 rings (SSSR count). The maximum absolute atomic E-state index is 12.6. The Labute approximate surface area is 259 Å². The summed E-state index contributed by atoms with van der Waals surface area (Å²) in [4.78, 5) is 32.5. The molecule has 3 aliphatic rings. The van der Waals surface area contributed by atoms with Gasteiger partial charge in [0.25, 0.3) is 0 Å². The van der Waals surface area contributed by atoms with Gasteiger partial charge in [-0.25, -0.2) is 6.57 Å². The molecule has 3 atom stereocenters. The van der Waals surface area contributed by atoms with E-state index >= 15 is 0 Å². The van der Waals surface area contributed by atoms with Gasteiger partial charge in [-0.05, 0) is 49.8 Å². The highest BCUT2D eigenvalue weighted by Gasteiger charge is 2.35. The molecule has 2 aromatic carbocycles. The molecule has 0 saturated carbocycles. The molecule has 3 aliphatic heterocycles. The zero-order valence-electron chi connectivity index (χ0n) is 25.6. The van der Waals surface area contributed by atoms with Crippen LogP contribution in [-0.2, 0) is 27.2 Å². The molecule has 2 fully saturated rings. The van der Waals surface area contributed by atoms with Gasteiger partial charge in [-0.1, -0.05) is 36.9 Å². The molecular weight excluding hydrogens is 556 g/mol. The highest BCUT2D eigenvalue weighted by atomic mass is 16.6. The number of piperazine rings is 1. The van der Waals surface area contributed by atoms with Crippen molar-refractivity contribution in [2.24, 2.45) is 0 Å². The fourth-order valence-corrected chi connectivity index (χ4v) is 6.52. The van der Waals surface area contributed by atoms with Crippen molar-refractivity contribution in [3.63, 3.8) is 0 Å². The monoisotopic (exact) mass is 596 g/mol. The van der Waals surface area contributed by atoms with Crippen LogP contribution in [0.4, 0.5) is 11.5 Å². The predicted molar refractivity (Wildman–Crippen MR) is 170 cm³/mol. The number of hydrogen-bond donors (Lipinski definition) is 0. The van der Waals surface area contributed by atoms with E-state index in [4.69, 9.17) is 30.8 Å². The van der Waals surface area contributed by atoms with Crippen molar-refractivity contribution < 1.29 is 19.0 Å². The molecule has 230 valence electrons. The molecular formula is C34H40N6O4.